The zero-order valence-electron chi connectivity index (χ0n) is 15.0. The van der Waals surface area contributed by atoms with Gasteiger partial charge < -0.3 is 19.1 Å². The van der Waals surface area contributed by atoms with Crippen molar-refractivity contribution >= 4 is 11.8 Å². The molecule has 4 heterocycles. The molecule has 4 fully saturated rings. The number of likely N-dealkylation sites (tertiary alicyclic amines) is 2. The van der Waals surface area contributed by atoms with Crippen molar-refractivity contribution < 1.29 is 18.8 Å². The molecular weight excluding hydrogens is 334 g/mol. The van der Waals surface area contributed by atoms with Crippen molar-refractivity contribution in [1.82, 2.24) is 15.0 Å². The molecule has 1 saturated carbocycles. The summed E-state index contributed by atoms with van der Waals surface area (Å²) in [6, 6.07) is 1.80. The number of nitrogens with zero attached hydrogens (tertiary/aromatic N) is 3. The number of rotatable bonds is 4. The van der Waals surface area contributed by atoms with Crippen molar-refractivity contribution in [2.45, 2.75) is 50.0 Å². The maximum absolute atomic E-state index is 12.5. The summed E-state index contributed by atoms with van der Waals surface area (Å²) >= 11 is 0. The monoisotopic (exact) mass is 359 g/mol. The van der Waals surface area contributed by atoms with Gasteiger partial charge >= 0.3 is 0 Å². The summed E-state index contributed by atoms with van der Waals surface area (Å²) in [6.45, 7) is 3.66. The van der Waals surface area contributed by atoms with Crippen LogP contribution < -0.4 is 0 Å². The number of amides is 2. The lowest BCUT2D eigenvalue weighted by atomic mass is 9.82. The second kappa shape index (κ2) is 6.08. The normalized spacial score (nSPS) is 27.8. The molecule has 5 rings (SSSR count). The van der Waals surface area contributed by atoms with Gasteiger partial charge in [0.1, 0.15) is 11.4 Å². The van der Waals surface area contributed by atoms with Crippen LogP contribution >= 0.6 is 0 Å². The Bertz CT molecular complexity index is 710. The minimum atomic E-state index is -0.190. The Hall–Kier alpha value is -1.89. The molecule has 1 atom stereocenters. The molecule has 0 radical (unpaired) electrons. The molecule has 0 bridgehead atoms. The van der Waals surface area contributed by atoms with Gasteiger partial charge in [-0.3, -0.25) is 9.59 Å². The van der Waals surface area contributed by atoms with E-state index in [4.69, 9.17) is 9.26 Å². The van der Waals surface area contributed by atoms with Crippen LogP contribution in [-0.4, -0.2) is 65.2 Å². The Morgan fingerprint density at radius 3 is 2.81 bits per heavy atom. The first-order valence-corrected chi connectivity index (χ1v) is 9.79. The third kappa shape index (κ3) is 2.92. The van der Waals surface area contributed by atoms with Crippen molar-refractivity contribution in [3.8, 4) is 0 Å². The van der Waals surface area contributed by atoms with Crippen molar-refractivity contribution in [1.29, 1.82) is 0 Å². The summed E-state index contributed by atoms with van der Waals surface area (Å²) < 4.78 is 11.4. The molecule has 0 N–H and O–H groups in total. The van der Waals surface area contributed by atoms with Gasteiger partial charge in [-0.15, -0.1) is 0 Å². The fourth-order valence-electron chi connectivity index (χ4n) is 4.42. The number of carbonyl (C=O) groups excluding carboxylic acids is 2. The number of ether oxygens (including phenoxy) is 1. The number of hydrogen-bond donors (Lipinski definition) is 0. The summed E-state index contributed by atoms with van der Waals surface area (Å²) in [4.78, 5) is 28.1. The summed E-state index contributed by atoms with van der Waals surface area (Å²) in [7, 11) is 0. The van der Waals surface area contributed by atoms with Gasteiger partial charge in [0.05, 0.1) is 19.7 Å². The Kier molecular flexibility index (Phi) is 3.81. The molecule has 1 aromatic heterocycles. The highest BCUT2D eigenvalue weighted by molar-refractivity contribution is 5.93. The van der Waals surface area contributed by atoms with Gasteiger partial charge in [-0.2, -0.15) is 0 Å². The van der Waals surface area contributed by atoms with Gasteiger partial charge in [-0.05, 0) is 32.1 Å². The summed E-state index contributed by atoms with van der Waals surface area (Å²) in [5, 5.41) is 3.95. The van der Waals surface area contributed by atoms with E-state index in [-0.39, 0.29) is 17.4 Å². The first kappa shape index (κ1) is 16.3. The molecule has 3 aliphatic heterocycles. The molecule has 4 aliphatic rings. The Morgan fingerprint density at radius 1 is 1.31 bits per heavy atom. The number of hydrogen-bond acceptors (Lipinski definition) is 5. The van der Waals surface area contributed by atoms with Crippen LogP contribution in [0, 0.1) is 5.92 Å². The zero-order chi connectivity index (χ0) is 17.7. The highest BCUT2D eigenvalue weighted by atomic mass is 16.5. The number of aromatic nitrogens is 1. The largest absolute Gasteiger partial charge is 0.371 e. The van der Waals surface area contributed by atoms with Crippen LogP contribution in [0.2, 0.25) is 0 Å². The Morgan fingerprint density at radius 2 is 2.15 bits per heavy atom. The third-order valence-corrected chi connectivity index (χ3v) is 6.26. The van der Waals surface area contributed by atoms with E-state index in [1.807, 2.05) is 4.90 Å². The van der Waals surface area contributed by atoms with E-state index in [9.17, 15) is 9.59 Å². The maximum Gasteiger partial charge on any atom is 0.276 e. The van der Waals surface area contributed by atoms with Crippen LogP contribution in [0.25, 0.3) is 0 Å². The second-order valence-electron chi connectivity index (χ2n) is 8.39. The van der Waals surface area contributed by atoms with E-state index in [1.54, 1.807) is 11.0 Å². The van der Waals surface area contributed by atoms with Crippen LogP contribution in [0.5, 0.6) is 0 Å². The Balaban J connectivity index is 1.12. The SMILES string of the molecule is O=C1CCCN1CC1CCC2(CN(C(=O)c3cc(C4CC4)on3)C2)OC1. The van der Waals surface area contributed by atoms with Crippen LogP contribution in [0.4, 0.5) is 0 Å². The van der Waals surface area contributed by atoms with E-state index in [2.05, 4.69) is 5.16 Å². The van der Waals surface area contributed by atoms with Gasteiger partial charge in [0.15, 0.2) is 5.69 Å². The summed E-state index contributed by atoms with van der Waals surface area (Å²) in [6.07, 6.45) is 5.95. The van der Waals surface area contributed by atoms with Crippen LogP contribution in [0.15, 0.2) is 10.6 Å². The molecule has 26 heavy (non-hydrogen) atoms. The Labute approximate surface area is 152 Å². The molecule has 1 unspecified atom stereocenters. The van der Waals surface area contributed by atoms with E-state index >= 15 is 0 Å². The first-order valence-electron chi connectivity index (χ1n) is 9.79. The van der Waals surface area contributed by atoms with Gasteiger partial charge in [-0.1, -0.05) is 5.16 Å². The number of carbonyl (C=O) groups is 2. The van der Waals surface area contributed by atoms with E-state index in [0.717, 1.165) is 51.0 Å². The molecule has 1 aliphatic carbocycles. The lowest BCUT2D eigenvalue weighted by Crippen LogP contribution is -2.66. The van der Waals surface area contributed by atoms with Gasteiger partial charge in [0.2, 0.25) is 5.91 Å². The average Bonchev–Trinajstić information content (AvgIpc) is 3.21. The molecule has 1 aromatic rings. The van der Waals surface area contributed by atoms with Crippen molar-refractivity contribution in [3.05, 3.63) is 17.5 Å². The van der Waals surface area contributed by atoms with Crippen molar-refractivity contribution in [2.75, 3.05) is 32.8 Å². The van der Waals surface area contributed by atoms with Gasteiger partial charge in [-0.25, -0.2) is 0 Å². The lowest BCUT2D eigenvalue weighted by Gasteiger charge is -2.52. The minimum Gasteiger partial charge on any atom is -0.371 e. The topological polar surface area (TPSA) is 75.9 Å². The fourth-order valence-corrected chi connectivity index (χ4v) is 4.42. The predicted octanol–water partition coefficient (Wildman–Crippen LogP) is 1.80. The molecule has 7 nitrogen and oxygen atoms in total. The first-order chi connectivity index (χ1) is 12.6. The minimum absolute atomic E-state index is 0.0559. The van der Waals surface area contributed by atoms with Gasteiger partial charge in [0, 0.05) is 37.4 Å². The van der Waals surface area contributed by atoms with Crippen LogP contribution in [0.3, 0.4) is 0 Å². The smallest absolute Gasteiger partial charge is 0.276 e. The van der Waals surface area contributed by atoms with Gasteiger partial charge in [0.25, 0.3) is 5.91 Å². The molecule has 3 saturated heterocycles. The van der Waals surface area contributed by atoms with E-state index < -0.39 is 0 Å². The highest BCUT2D eigenvalue weighted by Crippen LogP contribution is 2.41. The van der Waals surface area contributed by atoms with Crippen molar-refractivity contribution in [3.63, 3.8) is 0 Å². The molecular formula is C19H25N3O4. The fraction of sp³-hybridized carbons (Fsp3) is 0.737. The molecule has 1 spiro atoms. The summed E-state index contributed by atoms with van der Waals surface area (Å²) in [5.74, 6) is 1.96. The lowest BCUT2D eigenvalue weighted by molar-refractivity contribution is -0.169. The summed E-state index contributed by atoms with van der Waals surface area (Å²) in [5.41, 5.74) is 0.229. The molecule has 0 aromatic carbocycles. The van der Waals surface area contributed by atoms with Crippen LogP contribution in [-0.2, 0) is 9.53 Å². The van der Waals surface area contributed by atoms with Crippen LogP contribution in [0.1, 0.15) is 60.7 Å². The van der Waals surface area contributed by atoms with Crippen molar-refractivity contribution in [2.24, 2.45) is 5.92 Å². The third-order valence-electron chi connectivity index (χ3n) is 6.26. The second-order valence-corrected chi connectivity index (χ2v) is 8.39. The molecule has 2 amide bonds. The van der Waals surface area contributed by atoms with E-state index in [0.29, 0.717) is 43.6 Å². The highest BCUT2D eigenvalue weighted by Gasteiger charge is 2.49. The quantitative estimate of drug-likeness (QED) is 0.819. The van der Waals surface area contributed by atoms with E-state index in [1.165, 1.54) is 0 Å². The zero-order valence-corrected chi connectivity index (χ0v) is 15.0. The molecule has 140 valence electrons. The predicted molar refractivity (Wildman–Crippen MR) is 91.6 cm³/mol. The molecule has 7 heteroatoms. The maximum atomic E-state index is 12.5. The standard InChI is InChI=1S/C19H25N3O4/c23-17-2-1-7-21(17)9-13-5-6-19(25-10-13)11-22(12-19)18(24)15-8-16(26-20-15)14-3-4-14/h8,13-14H,1-7,9-12H2. The average molecular weight is 359 g/mol.